The van der Waals surface area contributed by atoms with Gasteiger partial charge in [-0.25, -0.2) is 13.1 Å². The Labute approximate surface area is 133 Å². The van der Waals surface area contributed by atoms with Crippen LogP contribution in [0.25, 0.3) is 5.69 Å². The number of nitrogens with one attached hydrogen (secondary N) is 1. The number of benzene rings is 1. The van der Waals surface area contributed by atoms with Gasteiger partial charge in [-0.1, -0.05) is 11.6 Å². The zero-order valence-electron chi connectivity index (χ0n) is 11.2. The third-order valence-electron chi connectivity index (χ3n) is 2.77. The summed E-state index contributed by atoms with van der Waals surface area (Å²) in [7, 11) is -3.45. The quantitative estimate of drug-likeness (QED) is 0.617. The number of halogens is 2. The van der Waals surface area contributed by atoms with Crippen molar-refractivity contribution in [2.24, 2.45) is 0 Å². The summed E-state index contributed by atoms with van der Waals surface area (Å²) in [4.78, 5) is 0. The van der Waals surface area contributed by atoms with Crippen LogP contribution in [0.2, 0.25) is 5.02 Å². The SMILES string of the molecule is O=S(=O)(CCCCCl)Nc1cc(Cl)ccc1-n1cccn1. The molecule has 0 saturated heterocycles. The lowest BCUT2D eigenvalue weighted by atomic mass is 10.3. The zero-order valence-corrected chi connectivity index (χ0v) is 13.5. The third-order valence-corrected chi connectivity index (χ3v) is 4.63. The summed E-state index contributed by atoms with van der Waals surface area (Å²) in [6.45, 7) is 0. The summed E-state index contributed by atoms with van der Waals surface area (Å²) in [6, 6.07) is 6.72. The van der Waals surface area contributed by atoms with Crippen LogP contribution in [0, 0.1) is 0 Å². The van der Waals surface area contributed by atoms with E-state index in [1.807, 2.05) is 0 Å². The van der Waals surface area contributed by atoms with Gasteiger partial charge in [0.05, 0.1) is 17.1 Å². The molecule has 1 aromatic heterocycles. The van der Waals surface area contributed by atoms with Crippen molar-refractivity contribution in [3.05, 3.63) is 41.7 Å². The molecule has 0 aliphatic heterocycles. The van der Waals surface area contributed by atoms with Crippen LogP contribution in [0.1, 0.15) is 12.8 Å². The first-order valence-corrected chi connectivity index (χ1v) is 8.94. The van der Waals surface area contributed by atoms with E-state index in [-0.39, 0.29) is 5.75 Å². The van der Waals surface area contributed by atoms with E-state index in [9.17, 15) is 8.42 Å². The number of unbranched alkanes of at least 4 members (excludes halogenated alkanes) is 1. The number of hydrogen-bond donors (Lipinski definition) is 1. The summed E-state index contributed by atoms with van der Waals surface area (Å²) >= 11 is 11.5. The van der Waals surface area contributed by atoms with Crippen LogP contribution < -0.4 is 4.72 Å². The normalized spacial score (nSPS) is 11.5. The van der Waals surface area contributed by atoms with Crippen molar-refractivity contribution in [1.82, 2.24) is 9.78 Å². The number of anilines is 1. The van der Waals surface area contributed by atoms with Crippen LogP contribution in [-0.2, 0) is 10.0 Å². The number of rotatable bonds is 7. The highest BCUT2D eigenvalue weighted by Crippen LogP contribution is 2.25. The first kappa shape index (κ1) is 16.1. The van der Waals surface area contributed by atoms with Crippen molar-refractivity contribution in [1.29, 1.82) is 0 Å². The molecule has 0 fully saturated rings. The Balaban J connectivity index is 2.25. The van der Waals surface area contributed by atoms with Crippen molar-refractivity contribution in [3.63, 3.8) is 0 Å². The van der Waals surface area contributed by atoms with Crippen LogP contribution in [0.15, 0.2) is 36.7 Å². The zero-order chi connectivity index (χ0) is 15.3. The van der Waals surface area contributed by atoms with E-state index >= 15 is 0 Å². The van der Waals surface area contributed by atoms with E-state index in [4.69, 9.17) is 23.2 Å². The van der Waals surface area contributed by atoms with Gasteiger partial charge in [-0.05, 0) is 37.1 Å². The highest BCUT2D eigenvalue weighted by Gasteiger charge is 2.14. The summed E-state index contributed by atoms with van der Waals surface area (Å²) in [6.07, 6.45) is 4.52. The molecule has 2 aromatic rings. The molecule has 0 saturated carbocycles. The Bertz CT molecular complexity index is 687. The van der Waals surface area contributed by atoms with Crippen LogP contribution in [0.4, 0.5) is 5.69 Å². The molecular formula is C13H15Cl2N3O2S. The van der Waals surface area contributed by atoms with Crippen LogP contribution in [0.5, 0.6) is 0 Å². The molecule has 0 radical (unpaired) electrons. The van der Waals surface area contributed by atoms with Gasteiger partial charge in [0.15, 0.2) is 0 Å². The van der Waals surface area contributed by atoms with Crippen molar-refractivity contribution in [2.45, 2.75) is 12.8 Å². The first-order chi connectivity index (χ1) is 10.0. The molecule has 0 aliphatic rings. The molecule has 1 N–H and O–H groups in total. The minimum absolute atomic E-state index is 0.0186. The number of alkyl halides is 1. The van der Waals surface area contributed by atoms with E-state index in [1.165, 1.54) is 0 Å². The standard InChI is InChI=1S/C13H15Cl2N3O2S/c14-6-1-2-9-21(19,20)17-12-10-11(15)4-5-13(12)18-8-3-7-16-18/h3-5,7-8,10,17H,1-2,6,9H2. The van der Waals surface area contributed by atoms with Crippen LogP contribution >= 0.6 is 23.2 Å². The van der Waals surface area contributed by atoms with E-state index in [0.29, 0.717) is 35.1 Å². The Morgan fingerprint density at radius 1 is 1.29 bits per heavy atom. The van der Waals surface area contributed by atoms with Gasteiger partial charge in [0.1, 0.15) is 0 Å². The van der Waals surface area contributed by atoms with Gasteiger partial charge in [0, 0.05) is 23.3 Å². The monoisotopic (exact) mass is 347 g/mol. The maximum atomic E-state index is 12.1. The Morgan fingerprint density at radius 2 is 2.10 bits per heavy atom. The lowest BCUT2D eigenvalue weighted by Crippen LogP contribution is -2.18. The van der Waals surface area contributed by atoms with Crippen molar-refractivity contribution < 1.29 is 8.42 Å². The maximum absolute atomic E-state index is 12.1. The molecule has 2 rings (SSSR count). The highest BCUT2D eigenvalue weighted by molar-refractivity contribution is 7.92. The van der Waals surface area contributed by atoms with E-state index in [1.54, 1.807) is 41.3 Å². The fourth-order valence-corrected chi connectivity index (χ4v) is 3.35. The summed E-state index contributed by atoms with van der Waals surface area (Å²) < 4.78 is 28.3. The molecule has 0 amide bonds. The summed E-state index contributed by atoms with van der Waals surface area (Å²) in [5.74, 6) is 0.468. The topological polar surface area (TPSA) is 64.0 Å². The van der Waals surface area contributed by atoms with Gasteiger partial charge in [-0.2, -0.15) is 5.10 Å². The van der Waals surface area contributed by atoms with Crippen molar-refractivity contribution >= 4 is 38.9 Å². The Hall–Kier alpha value is -1.24. The molecule has 0 unspecified atom stereocenters. The number of aromatic nitrogens is 2. The Morgan fingerprint density at radius 3 is 2.76 bits per heavy atom. The van der Waals surface area contributed by atoms with Gasteiger partial charge in [0.25, 0.3) is 0 Å². The van der Waals surface area contributed by atoms with Gasteiger partial charge >= 0.3 is 0 Å². The molecule has 5 nitrogen and oxygen atoms in total. The molecule has 1 aromatic carbocycles. The molecule has 114 valence electrons. The lowest BCUT2D eigenvalue weighted by molar-refractivity contribution is 0.598. The predicted octanol–water partition coefficient (Wildman–Crippen LogP) is 3.29. The smallest absolute Gasteiger partial charge is 0.232 e. The average molecular weight is 348 g/mol. The number of sulfonamides is 1. The van der Waals surface area contributed by atoms with Crippen molar-refractivity contribution in [2.75, 3.05) is 16.4 Å². The first-order valence-electron chi connectivity index (χ1n) is 6.38. The molecule has 0 atom stereocenters. The minimum Gasteiger partial charge on any atom is -0.281 e. The van der Waals surface area contributed by atoms with Gasteiger partial charge in [-0.15, -0.1) is 11.6 Å². The van der Waals surface area contributed by atoms with E-state index in [0.717, 1.165) is 0 Å². The second-order valence-corrected chi connectivity index (χ2v) is 7.09. The number of nitrogens with zero attached hydrogens (tertiary/aromatic N) is 2. The van der Waals surface area contributed by atoms with Gasteiger partial charge in [-0.3, -0.25) is 4.72 Å². The Kier molecular flexibility index (Phi) is 5.50. The fourth-order valence-electron chi connectivity index (χ4n) is 1.81. The molecule has 0 spiro atoms. The number of hydrogen-bond acceptors (Lipinski definition) is 3. The summed E-state index contributed by atoms with van der Waals surface area (Å²) in [5.41, 5.74) is 1.02. The van der Waals surface area contributed by atoms with Crippen molar-refractivity contribution in [3.8, 4) is 5.69 Å². The maximum Gasteiger partial charge on any atom is 0.232 e. The molecular weight excluding hydrogens is 333 g/mol. The average Bonchev–Trinajstić information content (AvgIpc) is 2.92. The molecule has 0 aliphatic carbocycles. The second-order valence-electron chi connectivity index (χ2n) is 4.43. The molecule has 0 bridgehead atoms. The highest BCUT2D eigenvalue weighted by atomic mass is 35.5. The lowest BCUT2D eigenvalue weighted by Gasteiger charge is -2.13. The molecule has 8 heteroatoms. The third kappa shape index (κ3) is 4.62. The van der Waals surface area contributed by atoms with Gasteiger partial charge in [0.2, 0.25) is 10.0 Å². The molecule has 21 heavy (non-hydrogen) atoms. The summed E-state index contributed by atoms with van der Waals surface area (Å²) in [5, 5.41) is 4.55. The van der Waals surface area contributed by atoms with E-state index < -0.39 is 10.0 Å². The fraction of sp³-hybridized carbons (Fsp3) is 0.308. The second kappa shape index (κ2) is 7.15. The van der Waals surface area contributed by atoms with Crippen LogP contribution in [0.3, 0.4) is 0 Å². The largest absolute Gasteiger partial charge is 0.281 e. The minimum atomic E-state index is -3.45. The predicted molar refractivity (Wildman–Crippen MR) is 85.9 cm³/mol. The van der Waals surface area contributed by atoms with Gasteiger partial charge < -0.3 is 0 Å². The van der Waals surface area contributed by atoms with E-state index in [2.05, 4.69) is 9.82 Å². The van der Waals surface area contributed by atoms with Crippen LogP contribution in [-0.4, -0.2) is 29.8 Å². The molecule has 1 heterocycles.